The van der Waals surface area contributed by atoms with E-state index in [0.29, 0.717) is 24.8 Å². The molecule has 0 amide bonds. The van der Waals surface area contributed by atoms with Crippen LogP contribution in [0.2, 0.25) is 0 Å². The van der Waals surface area contributed by atoms with E-state index in [1.807, 2.05) is 13.1 Å². The molecule has 16 heavy (non-hydrogen) atoms. The lowest BCUT2D eigenvalue weighted by molar-refractivity contribution is 0.0961. The Kier molecular flexibility index (Phi) is 6.04. The Hall–Kier alpha value is -0.930. The van der Waals surface area contributed by atoms with Crippen molar-refractivity contribution in [2.24, 2.45) is 0 Å². The van der Waals surface area contributed by atoms with Crippen LogP contribution in [0.1, 0.15) is 25.3 Å². The van der Waals surface area contributed by atoms with E-state index in [4.69, 9.17) is 4.74 Å². The van der Waals surface area contributed by atoms with Crippen molar-refractivity contribution in [3.8, 4) is 0 Å². The molecule has 0 heterocycles. The topological polar surface area (TPSA) is 21.3 Å². The van der Waals surface area contributed by atoms with Crippen LogP contribution >= 0.6 is 0 Å². The summed E-state index contributed by atoms with van der Waals surface area (Å²) in [6, 6.07) is 7.08. The number of ether oxygens (including phenoxy) is 1. The Labute approximate surface area is 96.8 Å². The van der Waals surface area contributed by atoms with E-state index in [9.17, 15) is 4.39 Å². The van der Waals surface area contributed by atoms with Crippen LogP contribution in [0.25, 0.3) is 0 Å². The number of benzene rings is 1. The van der Waals surface area contributed by atoms with Gasteiger partial charge in [0.2, 0.25) is 0 Å². The van der Waals surface area contributed by atoms with Gasteiger partial charge in [-0.1, -0.05) is 31.5 Å². The van der Waals surface area contributed by atoms with Crippen LogP contribution in [0.4, 0.5) is 4.39 Å². The summed E-state index contributed by atoms with van der Waals surface area (Å²) in [4.78, 5) is 0. The van der Waals surface area contributed by atoms with Gasteiger partial charge in [-0.15, -0.1) is 0 Å². The first-order chi connectivity index (χ1) is 7.77. The molecule has 0 aliphatic rings. The zero-order chi connectivity index (χ0) is 11.8. The van der Waals surface area contributed by atoms with Crippen molar-refractivity contribution in [3.05, 3.63) is 35.6 Å². The third-order valence-corrected chi connectivity index (χ3v) is 2.58. The van der Waals surface area contributed by atoms with Gasteiger partial charge in [-0.2, -0.15) is 0 Å². The lowest BCUT2D eigenvalue weighted by atomic mass is 10.2. The second kappa shape index (κ2) is 7.36. The molecule has 1 atom stereocenters. The zero-order valence-electron chi connectivity index (χ0n) is 10.0. The highest BCUT2D eigenvalue weighted by Crippen LogP contribution is 2.08. The molecule has 0 saturated heterocycles. The van der Waals surface area contributed by atoms with Crippen molar-refractivity contribution in [1.29, 1.82) is 0 Å². The fraction of sp³-hybridized carbons (Fsp3) is 0.538. The molecule has 0 aromatic heterocycles. The van der Waals surface area contributed by atoms with Crippen molar-refractivity contribution in [2.45, 2.75) is 32.4 Å². The van der Waals surface area contributed by atoms with Crippen LogP contribution in [-0.2, 0) is 11.3 Å². The molecule has 1 unspecified atom stereocenters. The smallest absolute Gasteiger partial charge is 0.128 e. The summed E-state index contributed by atoms with van der Waals surface area (Å²) in [5.41, 5.74) is 0.619. The minimum Gasteiger partial charge on any atom is -0.375 e. The highest BCUT2D eigenvalue weighted by Gasteiger charge is 2.06. The molecule has 0 saturated carbocycles. The summed E-state index contributed by atoms with van der Waals surface area (Å²) in [6.45, 7) is 3.11. The summed E-state index contributed by atoms with van der Waals surface area (Å²) in [5, 5.41) is 3.19. The molecular formula is C13H20FNO. The van der Waals surface area contributed by atoms with Gasteiger partial charge >= 0.3 is 0 Å². The molecule has 0 aliphatic heterocycles. The molecule has 3 heteroatoms. The number of rotatable bonds is 7. The van der Waals surface area contributed by atoms with Gasteiger partial charge < -0.3 is 10.1 Å². The maximum Gasteiger partial charge on any atom is 0.128 e. The molecule has 0 bridgehead atoms. The van der Waals surface area contributed by atoms with E-state index in [1.165, 1.54) is 6.07 Å². The Morgan fingerprint density at radius 2 is 2.12 bits per heavy atom. The van der Waals surface area contributed by atoms with Crippen molar-refractivity contribution < 1.29 is 9.13 Å². The highest BCUT2D eigenvalue weighted by molar-refractivity contribution is 5.16. The molecule has 1 N–H and O–H groups in total. The van der Waals surface area contributed by atoms with Gasteiger partial charge in [-0.05, 0) is 19.5 Å². The first kappa shape index (κ1) is 13.1. The van der Waals surface area contributed by atoms with E-state index in [2.05, 4.69) is 12.2 Å². The van der Waals surface area contributed by atoms with Gasteiger partial charge in [0.05, 0.1) is 13.2 Å². The van der Waals surface area contributed by atoms with Gasteiger partial charge in [-0.3, -0.25) is 0 Å². The minimum atomic E-state index is -0.195. The Balaban J connectivity index is 2.32. The summed E-state index contributed by atoms with van der Waals surface area (Å²) >= 11 is 0. The third kappa shape index (κ3) is 4.29. The summed E-state index contributed by atoms with van der Waals surface area (Å²) < 4.78 is 18.8. The van der Waals surface area contributed by atoms with Crippen LogP contribution in [0, 0.1) is 5.82 Å². The predicted molar refractivity (Wildman–Crippen MR) is 63.8 cm³/mol. The Bertz CT molecular complexity index is 304. The second-order valence-electron chi connectivity index (χ2n) is 3.88. The lowest BCUT2D eigenvalue weighted by Gasteiger charge is -2.15. The van der Waals surface area contributed by atoms with Crippen LogP contribution in [0.5, 0.6) is 0 Å². The van der Waals surface area contributed by atoms with E-state index in [1.54, 1.807) is 12.1 Å². The third-order valence-electron chi connectivity index (χ3n) is 2.58. The van der Waals surface area contributed by atoms with E-state index in [0.717, 1.165) is 12.8 Å². The van der Waals surface area contributed by atoms with Gasteiger partial charge in [0, 0.05) is 11.6 Å². The normalized spacial score (nSPS) is 12.7. The van der Waals surface area contributed by atoms with Crippen LogP contribution < -0.4 is 5.32 Å². The van der Waals surface area contributed by atoms with Crippen molar-refractivity contribution in [1.82, 2.24) is 5.32 Å². The molecule has 90 valence electrons. The molecule has 2 nitrogen and oxygen atoms in total. The SMILES string of the molecule is CCCC(COCc1ccccc1F)NC. The Morgan fingerprint density at radius 1 is 1.38 bits per heavy atom. The van der Waals surface area contributed by atoms with Crippen LogP contribution in [0.3, 0.4) is 0 Å². The molecule has 0 aliphatic carbocycles. The monoisotopic (exact) mass is 225 g/mol. The molecule has 1 aromatic rings. The summed E-state index contributed by atoms with van der Waals surface area (Å²) in [7, 11) is 1.92. The second-order valence-corrected chi connectivity index (χ2v) is 3.88. The van der Waals surface area contributed by atoms with E-state index >= 15 is 0 Å². The van der Waals surface area contributed by atoms with Gasteiger partial charge in [-0.25, -0.2) is 4.39 Å². The standard InChI is InChI=1S/C13H20FNO/c1-3-6-12(15-2)10-16-9-11-7-4-5-8-13(11)14/h4-5,7-8,12,15H,3,6,9-10H2,1-2H3. The lowest BCUT2D eigenvalue weighted by Crippen LogP contribution is -2.30. The highest BCUT2D eigenvalue weighted by atomic mass is 19.1. The van der Waals surface area contributed by atoms with Gasteiger partial charge in [0.15, 0.2) is 0 Å². The average molecular weight is 225 g/mol. The molecule has 1 rings (SSSR count). The fourth-order valence-electron chi connectivity index (χ4n) is 1.59. The number of nitrogens with one attached hydrogen (secondary N) is 1. The molecule has 0 spiro atoms. The number of halogens is 1. The maximum atomic E-state index is 13.2. The fourth-order valence-corrected chi connectivity index (χ4v) is 1.59. The molecule has 1 aromatic carbocycles. The van der Waals surface area contributed by atoms with Crippen LogP contribution in [0.15, 0.2) is 24.3 Å². The van der Waals surface area contributed by atoms with Crippen LogP contribution in [-0.4, -0.2) is 19.7 Å². The number of likely N-dealkylation sites (N-methyl/N-ethyl adjacent to an activating group) is 1. The Morgan fingerprint density at radius 3 is 2.75 bits per heavy atom. The van der Waals surface area contributed by atoms with Crippen molar-refractivity contribution in [3.63, 3.8) is 0 Å². The zero-order valence-corrected chi connectivity index (χ0v) is 10.0. The maximum absolute atomic E-state index is 13.2. The molecule has 0 fully saturated rings. The average Bonchev–Trinajstić information content (AvgIpc) is 2.30. The summed E-state index contributed by atoms with van der Waals surface area (Å²) in [5.74, 6) is -0.195. The van der Waals surface area contributed by atoms with Crippen molar-refractivity contribution >= 4 is 0 Å². The van der Waals surface area contributed by atoms with E-state index < -0.39 is 0 Å². The predicted octanol–water partition coefficient (Wildman–Crippen LogP) is 2.73. The first-order valence-electron chi connectivity index (χ1n) is 5.76. The molecule has 0 radical (unpaired) electrons. The minimum absolute atomic E-state index is 0.195. The molecular weight excluding hydrogens is 205 g/mol. The van der Waals surface area contributed by atoms with Gasteiger partial charge in [0.25, 0.3) is 0 Å². The number of hydrogen-bond acceptors (Lipinski definition) is 2. The number of hydrogen-bond donors (Lipinski definition) is 1. The first-order valence-corrected chi connectivity index (χ1v) is 5.76. The van der Waals surface area contributed by atoms with Gasteiger partial charge in [0.1, 0.15) is 5.82 Å². The summed E-state index contributed by atoms with van der Waals surface area (Å²) in [6.07, 6.45) is 2.20. The largest absolute Gasteiger partial charge is 0.375 e. The van der Waals surface area contributed by atoms with Crippen molar-refractivity contribution in [2.75, 3.05) is 13.7 Å². The van der Waals surface area contributed by atoms with E-state index in [-0.39, 0.29) is 5.82 Å². The quantitative estimate of drug-likeness (QED) is 0.770.